The largest absolute Gasteiger partial charge is 0.478 e. The lowest BCUT2D eigenvalue weighted by Gasteiger charge is -1.96. The molecule has 1 aliphatic heterocycles. The maximum absolute atomic E-state index is 10.5. The van der Waals surface area contributed by atoms with Crippen molar-refractivity contribution in [1.29, 1.82) is 0 Å². The Kier molecular flexibility index (Phi) is 1.18. The molecule has 4 heteroatoms. The van der Waals surface area contributed by atoms with Gasteiger partial charge in [0.25, 0.3) is 0 Å². The monoisotopic (exact) mass is 167 g/mol. The van der Waals surface area contributed by atoms with Crippen LogP contribution in [0.3, 0.4) is 0 Å². The van der Waals surface area contributed by atoms with Crippen LogP contribution in [0, 0.1) is 0 Å². The number of hydrogen-bond acceptors (Lipinski definition) is 3. The number of carboxylic acid groups (broad SMARTS) is 1. The van der Waals surface area contributed by atoms with Gasteiger partial charge >= 0.3 is 5.97 Å². The van der Waals surface area contributed by atoms with E-state index in [2.05, 4.69) is 0 Å². The Labute approximate surface area is 69.7 Å². The molecule has 1 unspecified atom stereocenters. The van der Waals surface area contributed by atoms with E-state index in [0.29, 0.717) is 11.5 Å². The first-order valence-corrected chi connectivity index (χ1v) is 3.30. The van der Waals surface area contributed by atoms with E-state index < -0.39 is 12.7 Å². The summed E-state index contributed by atoms with van der Waals surface area (Å²) in [6, 6.07) is 4.22. The topological polar surface area (TPSA) is 55.8 Å². The molecule has 0 aliphatic carbocycles. The minimum Gasteiger partial charge on any atom is -0.478 e. The molecule has 0 fully saturated rings. The van der Waals surface area contributed by atoms with Gasteiger partial charge in [0.05, 0.1) is 5.56 Å². The van der Waals surface area contributed by atoms with E-state index in [-0.39, 0.29) is 5.56 Å². The summed E-state index contributed by atoms with van der Waals surface area (Å²) in [5.74, 6) is -0.315. The summed E-state index contributed by atoms with van der Waals surface area (Å²) < 4.78 is 16.9. The molecular formula is C8H6O4. The summed E-state index contributed by atoms with van der Waals surface area (Å²) in [5.41, 5.74) is 0.122. The van der Waals surface area contributed by atoms with Crippen LogP contribution in [-0.4, -0.2) is 17.8 Å². The van der Waals surface area contributed by atoms with Gasteiger partial charge in [-0.2, -0.15) is 0 Å². The summed E-state index contributed by atoms with van der Waals surface area (Å²) in [7, 11) is 0. The van der Waals surface area contributed by atoms with E-state index >= 15 is 0 Å². The maximum Gasteiger partial charge on any atom is 0.335 e. The summed E-state index contributed by atoms with van der Waals surface area (Å²) in [6.45, 7) is -1.08. The van der Waals surface area contributed by atoms with Crippen LogP contribution in [0.2, 0.25) is 0 Å². The normalized spacial score (nSPS) is 20.3. The van der Waals surface area contributed by atoms with Crippen molar-refractivity contribution in [2.45, 2.75) is 0 Å². The molecule has 1 atom stereocenters. The lowest BCUT2D eigenvalue weighted by atomic mass is 10.2. The minimum atomic E-state index is -1.08. The third kappa shape index (κ3) is 0.972. The van der Waals surface area contributed by atoms with Crippen LogP contribution >= 0.6 is 0 Å². The van der Waals surface area contributed by atoms with Gasteiger partial charge in [0.1, 0.15) is 1.37 Å². The molecular weight excluding hydrogens is 160 g/mol. The zero-order valence-electron chi connectivity index (χ0n) is 6.98. The molecule has 2 rings (SSSR count). The molecule has 0 amide bonds. The van der Waals surface area contributed by atoms with Crippen molar-refractivity contribution < 1.29 is 20.7 Å². The van der Waals surface area contributed by atoms with Gasteiger partial charge in [-0.15, -0.1) is 0 Å². The first kappa shape index (κ1) is 5.88. The second kappa shape index (κ2) is 2.41. The van der Waals surface area contributed by atoms with Gasteiger partial charge in [0.15, 0.2) is 11.5 Å². The lowest BCUT2D eigenvalue weighted by molar-refractivity contribution is 0.0696. The second-order valence-electron chi connectivity index (χ2n) is 2.30. The molecule has 1 aliphatic rings. The molecule has 4 nitrogen and oxygen atoms in total. The Bertz CT molecular complexity index is 363. The second-order valence-corrected chi connectivity index (χ2v) is 2.30. The molecule has 0 saturated carbocycles. The molecule has 62 valence electrons. The number of aromatic carboxylic acids is 1. The van der Waals surface area contributed by atoms with E-state index in [4.69, 9.17) is 16.0 Å². The van der Waals surface area contributed by atoms with E-state index in [1.54, 1.807) is 0 Å². The molecule has 12 heavy (non-hydrogen) atoms. The highest BCUT2D eigenvalue weighted by Gasteiger charge is 2.15. The highest BCUT2D eigenvalue weighted by Crippen LogP contribution is 2.32. The number of carboxylic acids is 1. The number of ether oxygens (including phenoxy) is 2. The summed E-state index contributed by atoms with van der Waals surface area (Å²) in [5, 5.41) is 8.64. The van der Waals surface area contributed by atoms with Crippen molar-refractivity contribution in [2.75, 3.05) is 6.77 Å². The fourth-order valence-corrected chi connectivity index (χ4v) is 0.958. The van der Waals surface area contributed by atoms with Gasteiger partial charge in [-0.25, -0.2) is 4.79 Å². The average molecular weight is 167 g/mol. The molecule has 1 aromatic rings. The van der Waals surface area contributed by atoms with Crippen molar-refractivity contribution in [3.05, 3.63) is 23.8 Å². The van der Waals surface area contributed by atoms with Crippen LogP contribution in [0.25, 0.3) is 0 Å². The minimum absolute atomic E-state index is 0.122. The van der Waals surface area contributed by atoms with Crippen molar-refractivity contribution in [3.63, 3.8) is 0 Å². The SMILES string of the molecule is [2H]C1Oc2ccc(C(=O)O)cc2O1. The molecule has 1 N–H and O–H groups in total. The molecule has 0 saturated heterocycles. The van der Waals surface area contributed by atoms with Gasteiger partial charge in [-0.05, 0) is 18.2 Å². The van der Waals surface area contributed by atoms with Crippen LogP contribution in [0.4, 0.5) is 0 Å². The maximum atomic E-state index is 10.5. The molecule has 0 aromatic heterocycles. The fraction of sp³-hybridized carbons (Fsp3) is 0.125. The highest BCUT2D eigenvalue weighted by molar-refractivity contribution is 5.88. The predicted octanol–water partition coefficient (Wildman–Crippen LogP) is 1.11. The van der Waals surface area contributed by atoms with Gasteiger partial charge < -0.3 is 14.6 Å². The smallest absolute Gasteiger partial charge is 0.335 e. The van der Waals surface area contributed by atoms with Crippen molar-refractivity contribution in [1.82, 2.24) is 0 Å². The fourth-order valence-electron chi connectivity index (χ4n) is 0.958. The van der Waals surface area contributed by atoms with Crippen LogP contribution < -0.4 is 9.47 Å². The molecule has 0 bridgehead atoms. The van der Waals surface area contributed by atoms with Crippen LogP contribution in [0.5, 0.6) is 11.5 Å². The van der Waals surface area contributed by atoms with Gasteiger partial charge in [0.2, 0.25) is 6.77 Å². The van der Waals surface area contributed by atoms with Crippen LogP contribution in [-0.2, 0) is 0 Å². The first-order chi connectivity index (χ1) is 6.16. The Hall–Kier alpha value is -1.71. The van der Waals surface area contributed by atoms with E-state index in [9.17, 15) is 4.79 Å². The third-order valence-corrected chi connectivity index (χ3v) is 1.54. The standard InChI is InChI=1S/C8H6O4/c9-8(10)5-1-2-6-7(3-5)12-4-11-6/h1-3H,4H2,(H,9,10)/i4D. The quantitative estimate of drug-likeness (QED) is 0.680. The van der Waals surface area contributed by atoms with Crippen LogP contribution in [0.1, 0.15) is 11.7 Å². The number of carbonyl (C=O) groups is 1. The van der Waals surface area contributed by atoms with E-state index in [1.807, 2.05) is 0 Å². The van der Waals surface area contributed by atoms with Crippen LogP contribution in [0.15, 0.2) is 18.2 Å². The zero-order chi connectivity index (χ0) is 9.42. The Balaban J connectivity index is 2.40. The number of fused-ring (bicyclic) bond motifs is 1. The lowest BCUT2D eigenvalue weighted by Crippen LogP contribution is -1.95. The average Bonchev–Trinajstić information content (AvgIpc) is 2.42. The third-order valence-electron chi connectivity index (χ3n) is 1.54. The van der Waals surface area contributed by atoms with E-state index in [1.165, 1.54) is 18.2 Å². The van der Waals surface area contributed by atoms with Crippen molar-refractivity contribution in [2.24, 2.45) is 0 Å². The van der Waals surface area contributed by atoms with Gasteiger partial charge in [-0.3, -0.25) is 0 Å². The van der Waals surface area contributed by atoms with Gasteiger partial charge in [0, 0.05) is 0 Å². The Morgan fingerprint density at radius 3 is 3.00 bits per heavy atom. The van der Waals surface area contributed by atoms with Crippen molar-refractivity contribution in [3.8, 4) is 11.5 Å². The highest BCUT2D eigenvalue weighted by atomic mass is 16.7. The summed E-state index contributed by atoms with van der Waals surface area (Å²) in [6.07, 6.45) is 0. The number of benzene rings is 1. The summed E-state index contributed by atoms with van der Waals surface area (Å²) >= 11 is 0. The number of rotatable bonds is 1. The predicted molar refractivity (Wildman–Crippen MR) is 39.5 cm³/mol. The first-order valence-electron chi connectivity index (χ1n) is 3.87. The number of hydrogen-bond donors (Lipinski definition) is 1. The Morgan fingerprint density at radius 2 is 2.25 bits per heavy atom. The molecule has 0 radical (unpaired) electrons. The van der Waals surface area contributed by atoms with Crippen molar-refractivity contribution >= 4 is 5.97 Å². The molecule has 0 spiro atoms. The van der Waals surface area contributed by atoms with E-state index in [0.717, 1.165) is 0 Å². The molecule has 1 aromatic carbocycles. The summed E-state index contributed by atoms with van der Waals surface area (Å²) in [4.78, 5) is 10.5. The Morgan fingerprint density at radius 1 is 1.50 bits per heavy atom. The zero-order valence-corrected chi connectivity index (χ0v) is 5.98. The molecule has 1 heterocycles. The van der Waals surface area contributed by atoms with Gasteiger partial charge in [-0.1, -0.05) is 0 Å².